The van der Waals surface area contributed by atoms with Gasteiger partial charge in [-0.2, -0.15) is 0 Å². The van der Waals surface area contributed by atoms with Crippen LogP contribution in [-0.2, 0) is 6.54 Å². The van der Waals surface area contributed by atoms with E-state index < -0.39 is 0 Å². The van der Waals surface area contributed by atoms with Crippen LogP contribution in [0.25, 0.3) is 22.2 Å². The highest BCUT2D eigenvalue weighted by atomic mass is 16.2. The Hall–Kier alpha value is -2.66. The molecular formula is C21H21N3O2. The second-order valence-corrected chi connectivity index (χ2v) is 7.19. The number of likely N-dealkylation sites (tertiary alicyclic amines) is 1. The Morgan fingerprint density at radius 2 is 1.69 bits per heavy atom. The molecule has 0 bridgehead atoms. The summed E-state index contributed by atoms with van der Waals surface area (Å²) < 4.78 is 3.67. The highest BCUT2D eigenvalue weighted by Gasteiger charge is 2.32. The lowest BCUT2D eigenvalue weighted by Gasteiger charge is -2.27. The second kappa shape index (κ2) is 5.95. The van der Waals surface area contributed by atoms with E-state index in [0.717, 1.165) is 31.7 Å². The van der Waals surface area contributed by atoms with E-state index in [2.05, 4.69) is 9.47 Å². The zero-order chi connectivity index (χ0) is 17.7. The smallest absolute Gasteiger partial charge is 0.279 e. The van der Waals surface area contributed by atoms with E-state index in [1.165, 1.54) is 19.3 Å². The average Bonchev–Trinajstić information content (AvgIpc) is 3.26. The molecule has 4 heterocycles. The third-order valence-electron chi connectivity index (χ3n) is 5.69. The molecule has 0 unspecified atom stereocenters. The summed E-state index contributed by atoms with van der Waals surface area (Å²) in [6.07, 6.45) is 5.54. The van der Waals surface area contributed by atoms with Crippen LogP contribution in [0.4, 0.5) is 0 Å². The Kier molecular flexibility index (Phi) is 3.57. The van der Waals surface area contributed by atoms with Gasteiger partial charge in [-0.1, -0.05) is 18.6 Å². The molecule has 0 N–H and O–H groups in total. The van der Waals surface area contributed by atoms with Gasteiger partial charge in [-0.25, -0.2) is 0 Å². The monoisotopic (exact) mass is 347 g/mol. The first-order valence-corrected chi connectivity index (χ1v) is 9.36. The summed E-state index contributed by atoms with van der Waals surface area (Å²) in [5, 5.41) is 0.687. The van der Waals surface area contributed by atoms with Crippen LogP contribution >= 0.6 is 0 Å². The number of carbonyl (C=O) groups is 1. The summed E-state index contributed by atoms with van der Waals surface area (Å²) in [4.78, 5) is 28.6. The van der Waals surface area contributed by atoms with Gasteiger partial charge in [0.05, 0.1) is 16.8 Å². The minimum Gasteiger partial charge on any atom is -0.334 e. The van der Waals surface area contributed by atoms with E-state index >= 15 is 0 Å². The van der Waals surface area contributed by atoms with Crippen molar-refractivity contribution >= 4 is 16.8 Å². The fourth-order valence-electron chi connectivity index (χ4n) is 4.39. The molecule has 5 rings (SSSR count). The Morgan fingerprint density at radius 3 is 2.54 bits per heavy atom. The number of aromatic nitrogens is 2. The summed E-state index contributed by atoms with van der Waals surface area (Å²) in [6.45, 7) is 3.86. The number of hydrogen-bond acceptors (Lipinski definition) is 3. The molecule has 132 valence electrons. The molecule has 2 aromatic heterocycles. The van der Waals surface area contributed by atoms with Crippen LogP contribution in [0.1, 0.15) is 29.8 Å². The van der Waals surface area contributed by atoms with Gasteiger partial charge >= 0.3 is 0 Å². The second-order valence-electron chi connectivity index (χ2n) is 7.19. The fraction of sp³-hybridized carbons (Fsp3) is 0.333. The third-order valence-corrected chi connectivity index (χ3v) is 5.69. The minimum absolute atomic E-state index is 0.0457. The van der Waals surface area contributed by atoms with Crippen LogP contribution in [0.5, 0.6) is 0 Å². The first-order chi connectivity index (χ1) is 12.8. The molecular weight excluding hydrogens is 326 g/mol. The highest BCUT2D eigenvalue weighted by molar-refractivity contribution is 6.09. The number of fused-ring (bicyclic) bond motifs is 4. The lowest BCUT2D eigenvalue weighted by atomic mass is 10.1. The molecule has 3 aromatic rings. The van der Waals surface area contributed by atoms with Gasteiger partial charge in [-0.15, -0.1) is 0 Å². The van der Waals surface area contributed by atoms with Crippen molar-refractivity contribution in [2.45, 2.75) is 25.8 Å². The summed E-state index contributed by atoms with van der Waals surface area (Å²) in [6, 6.07) is 11.3. The first kappa shape index (κ1) is 15.6. The van der Waals surface area contributed by atoms with E-state index in [-0.39, 0.29) is 11.3 Å². The third kappa shape index (κ3) is 2.20. The lowest BCUT2D eigenvalue weighted by molar-refractivity contribution is 0.0959. The maximum absolute atomic E-state index is 13.1. The van der Waals surface area contributed by atoms with Gasteiger partial charge in [-0.3, -0.25) is 14.2 Å². The molecule has 0 aliphatic carbocycles. The van der Waals surface area contributed by atoms with E-state index in [4.69, 9.17) is 0 Å². The number of piperidine rings is 1. The molecule has 26 heavy (non-hydrogen) atoms. The topological polar surface area (TPSA) is 47.2 Å². The van der Waals surface area contributed by atoms with E-state index in [1.807, 2.05) is 36.4 Å². The largest absolute Gasteiger partial charge is 0.334 e. The van der Waals surface area contributed by atoms with Gasteiger partial charge in [0, 0.05) is 24.7 Å². The lowest BCUT2D eigenvalue weighted by Crippen LogP contribution is -2.33. The van der Waals surface area contributed by atoms with Gasteiger partial charge in [0.15, 0.2) is 5.43 Å². The quantitative estimate of drug-likeness (QED) is 0.572. The Balaban J connectivity index is 1.68. The molecule has 1 saturated heterocycles. The van der Waals surface area contributed by atoms with Crippen molar-refractivity contribution < 1.29 is 4.79 Å². The van der Waals surface area contributed by atoms with Crippen LogP contribution in [0.3, 0.4) is 0 Å². The number of carbonyl (C=O) groups excluding carboxylic acids is 1. The molecule has 0 saturated carbocycles. The average molecular weight is 347 g/mol. The van der Waals surface area contributed by atoms with Crippen LogP contribution < -0.4 is 5.43 Å². The molecule has 5 heteroatoms. The van der Waals surface area contributed by atoms with Crippen LogP contribution in [-0.4, -0.2) is 39.6 Å². The standard InChI is InChI=1S/C21H21N3O2/c25-20-15-7-2-3-8-16(15)23(14-13-22-10-4-1-5-11-22)19-18(20)17-9-6-12-24(17)21(19)26/h2-3,6-9,12H,1,4-5,10-11,13-14H2. The number of nitrogens with zero attached hydrogens (tertiary/aromatic N) is 3. The highest BCUT2D eigenvalue weighted by Crippen LogP contribution is 2.32. The summed E-state index contributed by atoms with van der Waals surface area (Å²) >= 11 is 0. The number of benzene rings is 1. The van der Waals surface area contributed by atoms with Crippen molar-refractivity contribution in [1.29, 1.82) is 0 Å². The Bertz CT molecular complexity index is 1070. The van der Waals surface area contributed by atoms with Crippen LogP contribution in [0.2, 0.25) is 0 Å². The molecule has 0 spiro atoms. The molecule has 5 nitrogen and oxygen atoms in total. The molecule has 2 aliphatic heterocycles. The Labute approximate surface area is 151 Å². The van der Waals surface area contributed by atoms with E-state index in [9.17, 15) is 9.59 Å². The zero-order valence-corrected chi connectivity index (χ0v) is 14.6. The van der Waals surface area contributed by atoms with Crippen molar-refractivity contribution in [2.75, 3.05) is 19.6 Å². The van der Waals surface area contributed by atoms with Crippen molar-refractivity contribution in [2.24, 2.45) is 0 Å². The minimum atomic E-state index is -0.0958. The van der Waals surface area contributed by atoms with Gasteiger partial charge < -0.3 is 9.47 Å². The maximum atomic E-state index is 13.1. The normalized spacial score (nSPS) is 16.8. The van der Waals surface area contributed by atoms with Crippen LogP contribution in [0, 0.1) is 0 Å². The molecule has 2 aliphatic rings. The SMILES string of the molecule is O=C1c2c(c(=O)c3ccccc3n2CCN2CCCCC2)-c2cccn21. The predicted molar refractivity (Wildman–Crippen MR) is 102 cm³/mol. The molecule has 0 radical (unpaired) electrons. The van der Waals surface area contributed by atoms with Gasteiger partial charge in [-0.05, 0) is 50.2 Å². The molecule has 0 amide bonds. The van der Waals surface area contributed by atoms with E-state index in [1.54, 1.807) is 10.8 Å². The van der Waals surface area contributed by atoms with Crippen molar-refractivity contribution in [3.8, 4) is 11.3 Å². The molecule has 1 fully saturated rings. The maximum Gasteiger partial charge on any atom is 0.279 e. The van der Waals surface area contributed by atoms with Crippen LogP contribution in [0.15, 0.2) is 47.4 Å². The summed E-state index contributed by atoms with van der Waals surface area (Å²) in [7, 11) is 0. The molecule has 0 atom stereocenters. The number of pyridine rings is 1. The van der Waals surface area contributed by atoms with Gasteiger partial charge in [0.25, 0.3) is 5.91 Å². The summed E-state index contributed by atoms with van der Waals surface area (Å²) in [5.41, 5.74) is 2.62. The van der Waals surface area contributed by atoms with Gasteiger partial charge in [0.1, 0.15) is 5.69 Å². The number of rotatable bonds is 3. The predicted octanol–water partition coefficient (Wildman–Crippen LogP) is 2.96. The van der Waals surface area contributed by atoms with Crippen molar-refractivity contribution in [3.63, 3.8) is 0 Å². The van der Waals surface area contributed by atoms with Gasteiger partial charge in [0.2, 0.25) is 0 Å². The van der Waals surface area contributed by atoms with E-state index in [0.29, 0.717) is 22.3 Å². The zero-order valence-electron chi connectivity index (χ0n) is 14.6. The summed E-state index contributed by atoms with van der Waals surface area (Å²) in [5.74, 6) is -0.0958. The fourth-order valence-corrected chi connectivity index (χ4v) is 4.39. The molecule has 1 aromatic carbocycles. The number of hydrogen-bond donors (Lipinski definition) is 0. The number of para-hydroxylation sites is 1. The first-order valence-electron chi connectivity index (χ1n) is 9.36. The Morgan fingerprint density at radius 1 is 0.885 bits per heavy atom. The van der Waals surface area contributed by atoms with Crippen molar-refractivity contribution in [3.05, 3.63) is 58.5 Å². The van der Waals surface area contributed by atoms with Crippen molar-refractivity contribution in [1.82, 2.24) is 14.0 Å².